The number of nitrogens with zero attached hydrogens (tertiary/aromatic N) is 2. The van der Waals surface area contributed by atoms with Gasteiger partial charge in [-0.1, -0.05) is 18.6 Å². The smallest absolute Gasteiger partial charge is 0.243 e. The van der Waals surface area contributed by atoms with E-state index in [1.54, 1.807) is 34.9 Å². The summed E-state index contributed by atoms with van der Waals surface area (Å²) >= 11 is 0. The molecule has 0 spiro atoms. The molecule has 1 aromatic heterocycles. The molecule has 1 saturated heterocycles. The lowest BCUT2D eigenvalue weighted by atomic mass is 9.95. The Morgan fingerprint density at radius 2 is 2.09 bits per heavy atom. The third-order valence-corrected chi connectivity index (χ3v) is 7.44. The van der Waals surface area contributed by atoms with Gasteiger partial charge in [0.1, 0.15) is 0 Å². The summed E-state index contributed by atoms with van der Waals surface area (Å²) in [6, 6.07) is 7.33. The predicted molar refractivity (Wildman–Crippen MR) is 85.9 cm³/mol. The molecule has 3 atom stereocenters. The van der Waals surface area contributed by atoms with Crippen LogP contribution in [0.1, 0.15) is 26.2 Å². The molecule has 0 unspecified atom stereocenters. The normalized spacial score (nSPS) is 29.0. The number of benzene rings is 1. The molecule has 0 amide bonds. The van der Waals surface area contributed by atoms with Crippen LogP contribution in [0.15, 0.2) is 41.6 Å². The quantitative estimate of drug-likeness (QED) is 0.855. The van der Waals surface area contributed by atoms with E-state index in [9.17, 15) is 8.42 Å². The van der Waals surface area contributed by atoms with Crippen molar-refractivity contribution in [3.8, 4) is 0 Å². The molecular formula is C17H20N2O2S. The molecule has 1 aliphatic heterocycles. The topological polar surface area (TPSA) is 50.3 Å². The lowest BCUT2D eigenvalue weighted by Crippen LogP contribution is -2.36. The van der Waals surface area contributed by atoms with Gasteiger partial charge in [-0.3, -0.25) is 4.98 Å². The molecule has 1 saturated carbocycles. The first-order valence-electron chi connectivity index (χ1n) is 7.93. The van der Waals surface area contributed by atoms with E-state index in [1.807, 2.05) is 6.07 Å². The molecular weight excluding hydrogens is 296 g/mol. The van der Waals surface area contributed by atoms with Crippen LogP contribution < -0.4 is 0 Å². The fourth-order valence-electron chi connectivity index (χ4n) is 4.30. The standard InChI is InChI=1S/C17H20N2O2S/c1-12-15-6-2-5-14(15)11-19(12)22(20,21)17-7-3-4-13-10-18-9-8-16(13)17/h3-4,7-10,12,14-15H,2,5-6,11H2,1H3/t12-,14+,15-/m0/s1. The van der Waals surface area contributed by atoms with E-state index >= 15 is 0 Å². The molecule has 0 bridgehead atoms. The van der Waals surface area contributed by atoms with Crippen LogP contribution >= 0.6 is 0 Å². The van der Waals surface area contributed by atoms with Crippen molar-refractivity contribution in [3.05, 3.63) is 36.7 Å². The van der Waals surface area contributed by atoms with E-state index in [4.69, 9.17) is 0 Å². The second kappa shape index (κ2) is 5.03. The Labute approximate surface area is 131 Å². The lowest BCUT2D eigenvalue weighted by Gasteiger charge is -2.24. The highest BCUT2D eigenvalue weighted by Crippen LogP contribution is 2.44. The van der Waals surface area contributed by atoms with Crippen LogP contribution in [-0.2, 0) is 10.0 Å². The van der Waals surface area contributed by atoms with Crippen LogP contribution in [-0.4, -0.2) is 30.3 Å². The van der Waals surface area contributed by atoms with E-state index in [-0.39, 0.29) is 6.04 Å². The predicted octanol–water partition coefficient (Wildman–Crippen LogP) is 3.04. The Morgan fingerprint density at radius 3 is 2.91 bits per heavy atom. The Kier molecular flexibility index (Phi) is 3.24. The number of sulfonamides is 1. The van der Waals surface area contributed by atoms with Crippen molar-refractivity contribution < 1.29 is 8.42 Å². The van der Waals surface area contributed by atoms with Crippen molar-refractivity contribution >= 4 is 20.8 Å². The fourth-order valence-corrected chi connectivity index (χ4v) is 6.25. The SMILES string of the molecule is C[C@H]1[C@@H]2CCC[C@@H]2CN1S(=O)(=O)c1cccc2cnccc12. The Bertz CT molecular complexity index is 813. The summed E-state index contributed by atoms with van der Waals surface area (Å²) in [6.45, 7) is 2.75. The van der Waals surface area contributed by atoms with Crippen molar-refractivity contribution in [1.82, 2.24) is 9.29 Å². The maximum Gasteiger partial charge on any atom is 0.243 e. The van der Waals surface area contributed by atoms with Crippen LogP contribution in [0.3, 0.4) is 0 Å². The number of hydrogen-bond donors (Lipinski definition) is 0. The first kappa shape index (κ1) is 14.2. The summed E-state index contributed by atoms with van der Waals surface area (Å²) in [5, 5.41) is 1.64. The molecule has 2 aliphatic rings. The van der Waals surface area contributed by atoms with Crippen molar-refractivity contribution in [3.63, 3.8) is 0 Å². The third kappa shape index (κ3) is 1.99. The highest BCUT2D eigenvalue weighted by atomic mass is 32.2. The van der Waals surface area contributed by atoms with Crippen molar-refractivity contribution in [1.29, 1.82) is 0 Å². The lowest BCUT2D eigenvalue weighted by molar-refractivity contribution is 0.353. The Hall–Kier alpha value is -1.46. The van der Waals surface area contributed by atoms with Gasteiger partial charge in [-0.2, -0.15) is 4.31 Å². The van der Waals surface area contributed by atoms with Crippen molar-refractivity contribution in [2.75, 3.05) is 6.54 Å². The fraction of sp³-hybridized carbons (Fsp3) is 0.471. The van der Waals surface area contributed by atoms with E-state index in [0.29, 0.717) is 23.3 Å². The van der Waals surface area contributed by atoms with Gasteiger partial charge in [-0.25, -0.2) is 8.42 Å². The molecule has 2 heterocycles. The summed E-state index contributed by atoms with van der Waals surface area (Å²) in [7, 11) is -3.45. The monoisotopic (exact) mass is 316 g/mol. The van der Waals surface area contributed by atoms with Crippen molar-refractivity contribution in [2.45, 2.75) is 37.1 Å². The summed E-state index contributed by atoms with van der Waals surface area (Å²) in [5.41, 5.74) is 0. The highest BCUT2D eigenvalue weighted by Gasteiger charge is 2.46. The van der Waals surface area contributed by atoms with Gasteiger partial charge >= 0.3 is 0 Å². The minimum Gasteiger partial charge on any atom is -0.264 e. The molecule has 116 valence electrons. The van der Waals surface area contributed by atoms with Crippen LogP contribution in [0.25, 0.3) is 10.8 Å². The van der Waals surface area contributed by atoms with Crippen LogP contribution in [0.2, 0.25) is 0 Å². The van der Waals surface area contributed by atoms with Gasteiger partial charge in [0.15, 0.2) is 0 Å². The second-order valence-electron chi connectivity index (χ2n) is 6.52. The Morgan fingerprint density at radius 1 is 1.23 bits per heavy atom. The molecule has 0 N–H and O–H groups in total. The van der Waals surface area contributed by atoms with E-state index in [0.717, 1.165) is 17.2 Å². The third-order valence-electron chi connectivity index (χ3n) is 5.43. The number of fused-ring (bicyclic) bond motifs is 2. The number of aromatic nitrogens is 1. The largest absolute Gasteiger partial charge is 0.264 e. The zero-order valence-corrected chi connectivity index (χ0v) is 13.5. The van der Waals surface area contributed by atoms with Crippen molar-refractivity contribution in [2.24, 2.45) is 11.8 Å². The maximum absolute atomic E-state index is 13.2. The number of pyridine rings is 1. The summed E-state index contributed by atoms with van der Waals surface area (Å²) < 4.78 is 28.1. The van der Waals surface area contributed by atoms with Gasteiger partial charge in [0, 0.05) is 35.8 Å². The van der Waals surface area contributed by atoms with Gasteiger partial charge in [0.2, 0.25) is 10.0 Å². The van der Waals surface area contributed by atoms with Crippen LogP contribution in [0.4, 0.5) is 0 Å². The first-order chi connectivity index (χ1) is 10.6. The average molecular weight is 316 g/mol. The van der Waals surface area contributed by atoms with Gasteiger partial charge < -0.3 is 0 Å². The van der Waals surface area contributed by atoms with E-state index in [2.05, 4.69) is 11.9 Å². The van der Waals surface area contributed by atoms with E-state index < -0.39 is 10.0 Å². The first-order valence-corrected chi connectivity index (χ1v) is 9.37. The zero-order valence-electron chi connectivity index (χ0n) is 12.6. The molecule has 2 aromatic rings. The minimum absolute atomic E-state index is 0.106. The van der Waals surface area contributed by atoms with Crippen LogP contribution in [0.5, 0.6) is 0 Å². The number of hydrogen-bond acceptors (Lipinski definition) is 3. The maximum atomic E-state index is 13.2. The van der Waals surface area contributed by atoms with Gasteiger partial charge in [0.05, 0.1) is 4.90 Å². The Balaban J connectivity index is 1.80. The van der Waals surface area contributed by atoms with Gasteiger partial charge in [-0.05, 0) is 43.7 Å². The molecule has 22 heavy (non-hydrogen) atoms. The molecule has 5 heteroatoms. The van der Waals surface area contributed by atoms with Gasteiger partial charge in [-0.15, -0.1) is 0 Å². The minimum atomic E-state index is -3.45. The number of rotatable bonds is 2. The zero-order chi connectivity index (χ0) is 15.3. The summed E-state index contributed by atoms with van der Waals surface area (Å²) in [5.74, 6) is 1.08. The molecule has 1 aliphatic carbocycles. The molecule has 4 nitrogen and oxygen atoms in total. The van der Waals surface area contributed by atoms with Gasteiger partial charge in [0.25, 0.3) is 0 Å². The average Bonchev–Trinajstić information content (AvgIpc) is 3.10. The summed E-state index contributed by atoms with van der Waals surface area (Å²) in [4.78, 5) is 4.50. The van der Waals surface area contributed by atoms with Crippen LogP contribution in [0, 0.1) is 11.8 Å². The van der Waals surface area contributed by atoms with E-state index in [1.165, 1.54) is 12.8 Å². The highest BCUT2D eigenvalue weighted by molar-refractivity contribution is 7.89. The molecule has 0 radical (unpaired) electrons. The molecule has 2 fully saturated rings. The summed E-state index contributed by atoms with van der Waals surface area (Å²) in [6.07, 6.45) is 6.95. The second-order valence-corrected chi connectivity index (χ2v) is 8.38. The molecule has 1 aromatic carbocycles. The molecule has 4 rings (SSSR count).